The van der Waals surface area contributed by atoms with Crippen LogP contribution in [0.3, 0.4) is 0 Å². The standard InChI is InChI=1S/C14H27BrNO3.C13H24BrNO3.CH3Br.BrH.PS/c1-11(17)13(2,3)10-14(4,15)12(18)19-9-8-16(5,6)7;1-10(16)12(2,3)9-13(4,14)11(17)18-8-7-15(5)6;1-2;;1-2/h8-10H2,1-7H3;7-9H2,1-6H3;1H3;1H;/q+1;;;;-1. The fourth-order valence-electron chi connectivity index (χ4n) is 3.09. The van der Waals surface area contributed by atoms with Crippen molar-refractivity contribution in [1.29, 1.82) is 0 Å². The van der Waals surface area contributed by atoms with Crippen molar-refractivity contribution in [3.05, 3.63) is 0 Å². The molecule has 0 spiro atoms. The van der Waals surface area contributed by atoms with Crippen LogP contribution in [-0.4, -0.2) is 109 Å². The van der Waals surface area contributed by atoms with E-state index in [-0.39, 0.29) is 40.5 Å². The molecule has 0 fully saturated rings. The molecule has 2 atom stereocenters. The van der Waals surface area contributed by atoms with Crippen molar-refractivity contribution in [2.45, 2.75) is 76.9 Å². The van der Waals surface area contributed by atoms with Crippen LogP contribution in [0.4, 0.5) is 0 Å². The molecule has 252 valence electrons. The minimum Gasteiger partial charge on any atom is -0.645 e. The third-order valence-electron chi connectivity index (χ3n) is 6.07. The van der Waals surface area contributed by atoms with E-state index in [0.717, 1.165) is 11.0 Å². The van der Waals surface area contributed by atoms with Gasteiger partial charge in [0.2, 0.25) is 0 Å². The lowest BCUT2D eigenvalue weighted by atomic mass is 9.80. The van der Waals surface area contributed by atoms with Crippen molar-refractivity contribution in [3.8, 4) is 0 Å². The van der Waals surface area contributed by atoms with Gasteiger partial charge >= 0.3 is 11.9 Å². The van der Waals surface area contributed by atoms with E-state index in [9.17, 15) is 19.2 Å². The number of hydrogen-bond donors (Lipinski definition) is 0. The predicted octanol–water partition coefficient (Wildman–Crippen LogP) is 7.09. The molecule has 0 bridgehead atoms. The molecule has 0 aromatic heterocycles. The summed E-state index contributed by atoms with van der Waals surface area (Å²) in [4.78, 5) is 49.0. The van der Waals surface area contributed by atoms with Crippen LogP contribution < -0.4 is 0 Å². The Morgan fingerprint density at radius 2 is 1.02 bits per heavy atom. The Labute approximate surface area is 299 Å². The number of ether oxygens (including phenoxy) is 2. The largest absolute Gasteiger partial charge is 0.645 e. The van der Waals surface area contributed by atoms with Gasteiger partial charge in [0.1, 0.15) is 40.0 Å². The Hall–Kier alpha value is 0.640. The molecular weight excluding hydrogens is 843 g/mol. The van der Waals surface area contributed by atoms with Gasteiger partial charge in [0, 0.05) is 17.4 Å². The maximum absolute atomic E-state index is 12.1. The van der Waals surface area contributed by atoms with E-state index in [1.54, 1.807) is 27.7 Å². The van der Waals surface area contributed by atoms with Crippen molar-refractivity contribution in [3.63, 3.8) is 0 Å². The van der Waals surface area contributed by atoms with Gasteiger partial charge in [-0.3, -0.25) is 19.2 Å². The SMILES string of the molecule is Br.CBr.CC(=O)C(C)(C)CC(C)(Br)C(=O)OCCN(C)C.CC(=O)C(C)(C)CC(C)(Br)C(=O)OCC[N+](C)(C)C.[P-]=S. The van der Waals surface area contributed by atoms with Crippen LogP contribution in [0.5, 0.6) is 0 Å². The maximum Gasteiger partial charge on any atom is 0.322 e. The number of halogens is 4. The molecule has 14 heteroatoms. The molecule has 0 aliphatic heterocycles. The Balaban J connectivity index is -0.000000190. The summed E-state index contributed by atoms with van der Waals surface area (Å²) in [7, 11) is 13.1. The summed E-state index contributed by atoms with van der Waals surface area (Å²) in [6, 6.07) is 0. The average Bonchev–Trinajstić information content (AvgIpc) is 2.79. The van der Waals surface area contributed by atoms with Crippen LogP contribution in [0.15, 0.2) is 0 Å². The van der Waals surface area contributed by atoms with Gasteiger partial charge in [-0.2, -0.15) is 0 Å². The fourth-order valence-corrected chi connectivity index (χ4v) is 4.72. The zero-order chi connectivity index (χ0) is 34.0. The number of quaternary nitrogens is 1. The van der Waals surface area contributed by atoms with Gasteiger partial charge in [0.25, 0.3) is 0 Å². The van der Waals surface area contributed by atoms with Gasteiger partial charge in [-0.05, 0) is 60.5 Å². The lowest BCUT2D eigenvalue weighted by Crippen LogP contribution is -2.41. The topological polar surface area (TPSA) is 90.0 Å². The molecule has 0 heterocycles. The van der Waals surface area contributed by atoms with E-state index >= 15 is 0 Å². The average molecular weight is 898 g/mol. The van der Waals surface area contributed by atoms with Crippen molar-refractivity contribution < 1.29 is 33.1 Å². The number of likely N-dealkylation sites (N-methyl/N-ethyl adjacent to an activating group) is 2. The minimum atomic E-state index is -0.826. The molecule has 0 radical (unpaired) electrons. The molecule has 0 aliphatic carbocycles. The smallest absolute Gasteiger partial charge is 0.322 e. The molecule has 0 rings (SSSR count). The lowest BCUT2D eigenvalue weighted by molar-refractivity contribution is -0.870. The summed E-state index contributed by atoms with van der Waals surface area (Å²) in [6.45, 7) is 16.1. The Morgan fingerprint density at radius 1 is 0.738 bits per heavy atom. The highest BCUT2D eigenvalue weighted by molar-refractivity contribution is 9.10. The van der Waals surface area contributed by atoms with Crippen LogP contribution in [0.2, 0.25) is 0 Å². The molecule has 0 saturated carbocycles. The Kier molecular flexibility index (Phi) is 29.7. The van der Waals surface area contributed by atoms with Crippen molar-refractivity contribution in [2.24, 2.45) is 10.8 Å². The van der Waals surface area contributed by atoms with Gasteiger partial charge in [-0.15, -0.1) is 17.0 Å². The molecular formula is C28H55Br4N2O6PS. The molecule has 0 N–H and O–H groups in total. The van der Waals surface area contributed by atoms with E-state index in [1.165, 1.54) is 0 Å². The van der Waals surface area contributed by atoms with Crippen LogP contribution in [0, 0.1) is 10.8 Å². The molecule has 42 heavy (non-hydrogen) atoms. The first-order valence-corrected chi connectivity index (χ1v) is 17.7. The first kappa shape index (κ1) is 52.2. The minimum absolute atomic E-state index is 0. The van der Waals surface area contributed by atoms with Gasteiger partial charge in [-0.25, -0.2) is 0 Å². The summed E-state index contributed by atoms with van der Waals surface area (Å²) in [5, 5.41) is 0. The van der Waals surface area contributed by atoms with E-state index in [2.05, 4.69) is 67.6 Å². The first-order chi connectivity index (χ1) is 18.3. The second-order valence-electron chi connectivity index (χ2n) is 12.7. The van der Waals surface area contributed by atoms with Crippen LogP contribution in [0.25, 0.3) is 0 Å². The van der Waals surface area contributed by atoms with Crippen LogP contribution in [0.1, 0.15) is 68.2 Å². The number of hydrogen-bond acceptors (Lipinski definition) is 8. The third kappa shape index (κ3) is 25.9. The van der Waals surface area contributed by atoms with E-state index in [1.807, 2.05) is 73.7 Å². The van der Waals surface area contributed by atoms with Gasteiger partial charge in [0.15, 0.2) is 0 Å². The zero-order valence-corrected chi connectivity index (χ0v) is 36.2. The van der Waals surface area contributed by atoms with Crippen LogP contribution in [-0.2, 0) is 40.5 Å². The molecule has 0 aromatic carbocycles. The Bertz CT molecular complexity index is 821. The van der Waals surface area contributed by atoms with Crippen LogP contribution >= 0.6 is 72.8 Å². The second-order valence-corrected chi connectivity index (χ2v) is 16.2. The summed E-state index contributed by atoms with van der Waals surface area (Å²) >= 11 is 13.5. The summed E-state index contributed by atoms with van der Waals surface area (Å²) in [5.74, 6) is 1.31. The molecule has 0 amide bonds. The summed E-state index contributed by atoms with van der Waals surface area (Å²) in [6.07, 6.45) is 0.828. The highest BCUT2D eigenvalue weighted by Gasteiger charge is 2.41. The normalized spacial score (nSPS) is 14.0. The third-order valence-corrected chi connectivity index (χ3v) is 7.28. The summed E-state index contributed by atoms with van der Waals surface area (Å²) in [5.41, 5.74) is -1.09. The number of carbonyl (C=O) groups excluding carboxylic acids is 4. The van der Waals surface area contributed by atoms with Crippen molar-refractivity contribution >= 4 is 108 Å². The van der Waals surface area contributed by atoms with E-state index in [4.69, 9.17) is 9.47 Å². The molecule has 0 saturated heterocycles. The number of esters is 2. The second kappa shape index (κ2) is 23.9. The molecule has 2 unspecified atom stereocenters. The van der Waals surface area contributed by atoms with E-state index in [0.29, 0.717) is 32.6 Å². The highest BCUT2D eigenvalue weighted by Crippen LogP contribution is 2.36. The lowest BCUT2D eigenvalue weighted by Gasteiger charge is -2.30. The fraction of sp³-hybridized carbons (Fsp3) is 0.857. The monoisotopic (exact) mass is 894 g/mol. The predicted molar refractivity (Wildman–Crippen MR) is 196 cm³/mol. The van der Waals surface area contributed by atoms with Gasteiger partial charge in [0.05, 0.1) is 21.1 Å². The number of ketones is 2. The summed E-state index contributed by atoms with van der Waals surface area (Å²) < 4.78 is 9.59. The highest BCUT2D eigenvalue weighted by atomic mass is 79.9. The van der Waals surface area contributed by atoms with Gasteiger partial charge < -0.3 is 38.7 Å². The van der Waals surface area contributed by atoms with Crippen molar-refractivity contribution in [2.75, 3.05) is 67.4 Å². The number of Topliss-reactive ketones (excluding diaryl/α,β-unsaturated/α-hetero) is 2. The zero-order valence-electron chi connectivity index (χ0n) is 28.0. The van der Waals surface area contributed by atoms with Crippen molar-refractivity contribution in [1.82, 2.24) is 4.90 Å². The molecule has 0 aromatic rings. The number of carbonyl (C=O) groups is 4. The first-order valence-electron chi connectivity index (χ1n) is 13.0. The number of alkyl halides is 3. The molecule has 0 aliphatic rings. The quantitative estimate of drug-likeness (QED) is 0.0791. The number of rotatable bonds is 14. The number of nitrogens with zero attached hydrogens (tertiary/aromatic N) is 2. The van der Waals surface area contributed by atoms with Gasteiger partial charge in [-0.1, -0.05) is 75.5 Å². The Morgan fingerprint density at radius 3 is 1.26 bits per heavy atom. The molecule has 8 nitrogen and oxygen atoms in total. The van der Waals surface area contributed by atoms with E-state index < -0.39 is 19.5 Å². The maximum atomic E-state index is 12.1.